The van der Waals surface area contributed by atoms with Gasteiger partial charge in [-0.2, -0.15) is 27.1 Å². The Balaban J connectivity index is 2.87. The lowest BCUT2D eigenvalue weighted by molar-refractivity contribution is -0.252. The van der Waals surface area contributed by atoms with Crippen LogP contribution in [0.25, 0.3) is 0 Å². The normalized spacial score (nSPS) is 17.8. The number of nitrogens with one attached hydrogen (secondary N) is 1. The first-order chi connectivity index (χ1) is 7.16. The molecule has 1 heterocycles. The first-order valence-electron chi connectivity index (χ1n) is 4.66. The van der Waals surface area contributed by atoms with E-state index in [0.29, 0.717) is 0 Å². The van der Waals surface area contributed by atoms with Gasteiger partial charge in [0.25, 0.3) is 0 Å². The van der Waals surface area contributed by atoms with E-state index in [9.17, 15) is 22.0 Å². The van der Waals surface area contributed by atoms with E-state index >= 15 is 0 Å². The molecule has 0 saturated heterocycles. The molecule has 8 heteroatoms. The van der Waals surface area contributed by atoms with Crippen LogP contribution >= 0.6 is 0 Å². The summed E-state index contributed by atoms with van der Waals surface area (Å²) in [5.74, 6) is -6.20. The molecule has 0 atom stereocenters. The summed E-state index contributed by atoms with van der Waals surface area (Å²) in [5.41, 5.74) is 2.14. The minimum absolute atomic E-state index is 0.0332. The van der Waals surface area contributed by atoms with Gasteiger partial charge in [-0.15, -0.1) is 0 Å². The summed E-state index contributed by atoms with van der Waals surface area (Å²) in [7, 11) is 0. The molecular formula is C8H12F5N3. The van der Waals surface area contributed by atoms with Crippen LogP contribution < -0.4 is 5.43 Å². The van der Waals surface area contributed by atoms with Crippen molar-refractivity contribution in [3.8, 4) is 0 Å². The van der Waals surface area contributed by atoms with Gasteiger partial charge in [0.05, 0.1) is 0 Å². The van der Waals surface area contributed by atoms with Crippen LogP contribution in [0.2, 0.25) is 0 Å². The van der Waals surface area contributed by atoms with Crippen molar-refractivity contribution in [1.29, 1.82) is 0 Å². The quantitative estimate of drug-likeness (QED) is 0.770. The molecule has 1 N–H and O–H groups in total. The number of hydrogen-bond donors (Lipinski definition) is 1. The average molecular weight is 245 g/mol. The Hall–Kier alpha value is -1.08. The summed E-state index contributed by atoms with van der Waals surface area (Å²) in [5, 5.41) is 3.03. The molecule has 0 fully saturated rings. The molecule has 0 unspecified atom stereocenters. The zero-order valence-corrected chi connectivity index (χ0v) is 8.78. The maximum atomic E-state index is 13.0. The van der Waals surface area contributed by atoms with Gasteiger partial charge < -0.3 is 4.90 Å². The molecular weight excluding hydrogens is 233 g/mol. The molecule has 1 aliphatic rings. The summed E-state index contributed by atoms with van der Waals surface area (Å²) in [6, 6.07) is 0. The number of hydrogen-bond acceptors (Lipinski definition) is 3. The van der Waals surface area contributed by atoms with Crippen molar-refractivity contribution in [2.24, 2.45) is 11.0 Å². The summed E-state index contributed by atoms with van der Waals surface area (Å²) < 4.78 is 62.3. The third kappa shape index (κ3) is 2.35. The van der Waals surface area contributed by atoms with Crippen molar-refractivity contribution in [1.82, 2.24) is 10.3 Å². The smallest absolute Gasteiger partial charge is 0.334 e. The van der Waals surface area contributed by atoms with Gasteiger partial charge in [0.15, 0.2) is 0 Å². The molecule has 0 amide bonds. The van der Waals surface area contributed by atoms with Crippen molar-refractivity contribution < 1.29 is 22.0 Å². The number of alkyl halides is 5. The molecule has 0 spiro atoms. The molecule has 0 saturated carbocycles. The second kappa shape index (κ2) is 4.06. The van der Waals surface area contributed by atoms with Crippen LogP contribution in [0.4, 0.5) is 22.0 Å². The Kier molecular flexibility index (Phi) is 3.30. The predicted octanol–water partition coefficient (Wildman–Crippen LogP) is 2.02. The van der Waals surface area contributed by atoms with Crippen LogP contribution in [0.3, 0.4) is 0 Å². The lowest BCUT2D eigenvalue weighted by Gasteiger charge is -2.27. The molecule has 0 radical (unpaired) electrons. The van der Waals surface area contributed by atoms with Crippen LogP contribution in [-0.2, 0) is 0 Å². The Labute approximate surface area is 89.3 Å². The minimum atomic E-state index is -5.62. The molecule has 0 bridgehead atoms. The van der Waals surface area contributed by atoms with Crippen LogP contribution in [0.15, 0.2) is 5.10 Å². The van der Waals surface area contributed by atoms with Gasteiger partial charge >= 0.3 is 12.1 Å². The molecule has 3 nitrogen and oxygen atoms in total. The molecule has 16 heavy (non-hydrogen) atoms. The first kappa shape index (κ1) is 13.0. The van der Waals surface area contributed by atoms with Gasteiger partial charge in [0, 0.05) is 6.54 Å². The zero-order valence-electron chi connectivity index (χ0n) is 8.78. The fraction of sp³-hybridized carbons (Fsp3) is 0.875. The zero-order chi connectivity index (χ0) is 12.6. The lowest BCUT2D eigenvalue weighted by atomic mass is 10.2. The second-order valence-electron chi connectivity index (χ2n) is 3.94. The highest BCUT2D eigenvalue weighted by molar-refractivity contribution is 5.90. The molecule has 0 aliphatic carbocycles. The van der Waals surface area contributed by atoms with Crippen LogP contribution in [0, 0.1) is 5.92 Å². The Bertz CT molecular complexity index is 284. The Morgan fingerprint density at radius 3 is 2.31 bits per heavy atom. The van der Waals surface area contributed by atoms with Crippen LogP contribution in [-0.4, -0.2) is 36.0 Å². The number of hydrazone groups is 1. The molecule has 94 valence electrons. The van der Waals surface area contributed by atoms with E-state index in [4.69, 9.17) is 0 Å². The molecule has 0 aromatic heterocycles. The van der Waals surface area contributed by atoms with Gasteiger partial charge in [-0.3, -0.25) is 5.43 Å². The Morgan fingerprint density at radius 1 is 1.31 bits per heavy atom. The van der Waals surface area contributed by atoms with Gasteiger partial charge in [-0.1, -0.05) is 13.8 Å². The summed E-state index contributed by atoms with van der Waals surface area (Å²) in [6.45, 7) is 3.42. The van der Waals surface area contributed by atoms with Gasteiger partial charge in [-0.25, -0.2) is 0 Å². The molecule has 0 aromatic rings. The van der Waals surface area contributed by atoms with E-state index < -0.39 is 17.9 Å². The summed E-state index contributed by atoms with van der Waals surface area (Å²) in [4.78, 5) is 0.901. The average Bonchev–Trinajstić information content (AvgIpc) is 2.49. The van der Waals surface area contributed by atoms with E-state index in [2.05, 4.69) is 10.5 Å². The summed E-state index contributed by atoms with van der Waals surface area (Å²) >= 11 is 0. The van der Waals surface area contributed by atoms with Crippen LogP contribution in [0.5, 0.6) is 0 Å². The molecule has 1 rings (SSSR count). The highest BCUT2D eigenvalue weighted by Gasteiger charge is 2.63. The van der Waals surface area contributed by atoms with Gasteiger partial charge in [-0.05, 0) is 5.92 Å². The monoisotopic (exact) mass is 245 g/mol. The summed E-state index contributed by atoms with van der Waals surface area (Å²) in [6.07, 6.45) is -5.62. The van der Waals surface area contributed by atoms with Gasteiger partial charge in [0.2, 0.25) is 5.84 Å². The molecule has 0 aromatic carbocycles. The topological polar surface area (TPSA) is 27.6 Å². The van der Waals surface area contributed by atoms with Crippen molar-refractivity contribution in [3.63, 3.8) is 0 Å². The van der Waals surface area contributed by atoms with Crippen molar-refractivity contribution in [2.75, 3.05) is 13.2 Å². The standard InChI is InChI=1S/C8H12F5N3/c1-5(2)3-16-4-14-15-6(16)7(9,10)8(11,12)13/h5,14H,3-4H2,1-2H3. The number of amidine groups is 1. The maximum absolute atomic E-state index is 13.0. The minimum Gasteiger partial charge on any atom is -0.334 e. The van der Waals surface area contributed by atoms with E-state index in [1.165, 1.54) is 0 Å². The fourth-order valence-electron chi connectivity index (χ4n) is 1.33. The number of halogens is 5. The first-order valence-corrected chi connectivity index (χ1v) is 4.66. The predicted molar refractivity (Wildman–Crippen MR) is 48.0 cm³/mol. The van der Waals surface area contributed by atoms with E-state index in [1.54, 1.807) is 13.8 Å². The SMILES string of the molecule is CC(C)CN1CNN=C1C(F)(F)C(F)(F)F. The highest BCUT2D eigenvalue weighted by Crippen LogP contribution is 2.38. The fourth-order valence-corrected chi connectivity index (χ4v) is 1.33. The van der Waals surface area contributed by atoms with E-state index in [1.807, 2.05) is 0 Å². The number of nitrogens with zero attached hydrogens (tertiary/aromatic N) is 2. The van der Waals surface area contributed by atoms with Crippen LogP contribution in [0.1, 0.15) is 13.8 Å². The number of rotatable bonds is 3. The lowest BCUT2D eigenvalue weighted by Crippen LogP contribution is -2.51. The van der Waals surface area contributed by atoms with Crippen molar-refractivity contribution in [2.45, 2.75) is 25.9 Å². The third-order valence-electron chi connectivity index (χ3n) is 1.97. The van der Waals surface area contributed by atoms with Crippen molar-refractivity contribution >= 4 is 5.84 Å². The second-order valence-corrected chi connectivity index (χ2v) is 3.94. The maximum Gasteiger partial charge on any atom is 0.461 e. The van der Waals surface area contributed by atoms with Gasteiger partial charge in [0.1, 0.15) is 6.67 Å². The largest absolute Gasteiger partial charge is 0.461 e. The highest BCUT2D eigenvalue weighted by atomic mass is 19.4. The third-order valence-corrected chi connectivity index (χ3v) is 1.97. The molecule has 1 aliphatic heterocycles. The van der Waals surface area contributed by atoms with Crippen molar-refractivity contribution in [3.05, 3.63) is 0 Å². The van der Waals surface area contributed by atoms with E-state index in [-0.39, 0.29) is 19.1 Å². The Morgan fingerprint density at radius 2 is 1.88 bits per heavy atom. The van der Waals surface area contributed by atoms with E-state index in [0.717, 1.165) is 4.90 Å².